The van der Waals surface area contributed by atoms with E-state index in [1.165, 1.54) is 24.3 Å². The molecule has 0 radical (unpaired) electrons. The van der Waals surface area contributed by atoms with Gasteiger partial charge in [0.05, 0.1) is 21.8 Å². The zero-order chi connectivity index (χ0) is 22.9. The highest BCUT2D eigenvalue weighted by atomic mass is 32.2. The van der Waals surface area contributed by atoms with Crippen LogP contribution in [0.1, 0.15) is 23.7 Å². The molecule has 4 rings (SSSR count). The van der Waals surface area contributed by atoms with E-state index in [0.29, 0.717) is 23.7 Å². The van der Waals surface area contributed by atoms with E-state index in [0.717, 1.165) is 23.3 Å². The van der Waals surface area contributed by atoms with Gasteiger partial charge in [0.2, 0.25) is 0 Å². The molecule has 0 aliphatic carbocycles. The SMILES string of the molecule is CCCN1C(=O)COc2ccc(-c3csc(NS(=O)(=O)c4ccc(C(=O)O)cc4)n3)cc21. The first-order valence-electron chi connectivity index (χ1n) is 9.68. The van der Waals surface area contributed by atoms with Crippen LogP contribution in [0.4, 0.5) is 10.8 Å². The van der Waals surface area contributed by atoms with Gasteiger partial charge in [0.25, 0.3) is 15.9 Å². The quantitative estimate of drug-likeness (QED) is 0.538. The molecule has 0 unspecified atom stereocenters. The molecule has 2 aromatic carbocycles. The molecule has 0 fully saturated rings. The van der Waals surface area contributed by atoms with E-state index in [4.69, 9.17) is 9.84 Å². The number of carboxylic acid groups (broad SMARTS) is 1. The number of nitrogens with one attached hydrogen (secondary N) is 1. The normalized spacial score (nSPS) is 13.4. The molecule has 0 spiro atoms. The van der Waals surface area contributed by atoms with Crippen molar-refractivity contribution < 1.29 is 27.9 Å². The molecule has 11 heteroatoms. The van der Waals surface area contributed by atoms with E-state index in [1.807, 2.05) is 6.92 Å². The molecule has 0 bridgehead atoms. The Kier molecular flexibility index (Phi) is 5.85. The lowest BCUT2D eigenvalue weighted by Crippen LogP contribution is -2.39. The summed E-state index contributed by atoms with van der Waals surface area (Å²) in [7, 11) is -3.93. The summed E-state index contributed by atoms with van der Waals surface area (Å²) in [6, 6.07) is 10.3. The number of hydrogen-bond donors (Lipinski definition) is 2. The van der Waals surface area contributed by atoms with Crippen LogP contribution in [0.25, 0.3) is 11.3 Å². The minimum atomic E-state index is -3.93. The average molecular weight is 474 g/mol. The minimum absolute atomic E-state index is 0.00240. The number of carboxylic acids is 1. The third-order valence-corrected chi connectivity index (χ3v) is 7.02. The third kappa shape index (κ3) is 4.30. The molecule has 0 saturated carbocycles. The number of sulfonamides is 1. The Morgan fingerprint density at radius 2 is 2.00 bits per heavy atom. The molecule has 3 aromatic rings. The predicted molar refractivity (Wildman–Crippen MR) is 120 cm³/mol. The first-order valence-corrected chi connectivity index (χ1v) is 12.0. The highest BCUT2D eigenvalue weighted by Crippen LogP contribution is 2.37. The first-order chi connectivity index (χ1) is 15.3. The van der Waals surface area contributed by atoms with Crippen LogP contribution in [0, 0.1) is 0 Å². The molecule has 1 aliphatic rings. The fourth-order valence-electron chi connectivity index (χ4n) is 3.23. The van der Waals surface area contributed by atoms with Crippen molar-refractivity contribution in [3.63, 3.8) is 0 Å². The van der Waals surface area contributed by atoms with Crippen molar-refractivity contribution in [2.24, 2.45) is 0 Å². The molecule has 1 amide bonds. The maximum absolute atomic E-state index is 12.6. The Labute approximate surface area is 188 Å². The number of rotatable bonds is 7. The van der Waals surface area contributed by atoms with Crippen molar-refractivity contribution in [2.75, 3.05) is 22.8 Å². The van der Waals surface area contributed by atoms with Crippen molar-refractivity contribution in [1.29, 1.82) is 0 Å². The minimum Gasteiger partial charge on any atom is -0.482 e. The van der Waals surface area contributed by atoms with E-state index in [1.54, 1.807) is 28.5 Å². The van der Waals surface area contributed by atoms with Gasteiger partial charge in [-0.05, 0) is 48.9 Å². The summed E-state index contributed by atoms with van der Waals surface area (Å²) in [6.07, 6.45) is 0.797. The highest BCUT2D eigenvalue weighted by Gasteiger charge is 2.25. The van der Waals surface area contributed by atoms with E-state index in [-0.39, 0.29) is 28.1 Å². The van der Waals surface area contributed by atoms with Gasteiger partial charge in [-0.3, -0.25) is 9.52 Å². The molecule has 9 nitrogen and oxygen atoms in total. The summed E-state index contributed by atoms with van der Waals surface area (Å²) in [5.41, 5.74) is 1.92. The van der Waals surface area contributed by atoms with E-state index < -0.39 is 16.0 Å². The van der Waals surface area contributed by atoms with Gasteiger partial charge in [0, 0.05) is 17.5 Å². The van der Waals surface area contributed by atoms with Gasteiger partial charge in [0.15, 0.2) is 11.7 Å². The van der Waals surface area contributed by atoms with Crippen LogP contribution in [0.2, 0.25) is 0 Å². The fourth-order valence-corrected chi connectivity index (χ4v) is 5.21. The smallest absolute Gasteiger partial charge is 0.335 e. The molecule has 32 heavy (non-hydrogen) atoms. The number of carbonyl (C=O) groups excluding carboxylic acids is 1. The van der Waals surface area contributed by atoms with E-state index >= 15 is 0 Å². The van der Waals surface area contributed by atoms with Crippen molar-refractivity contribution in [2.45, 2.75) is 18.2 Å². The van der Waals surface area contributed by atoms with Crippen LogP contribution in [-0.4, -0.2) is 43.5 Å². The van der Waals surface area contributed by atoms with E-state index in [2.05, 4.69) is 9.71 Å². The Morgan fingerprint density at radius 3 is 2.69 bits per heavy atom. The monoisotopic (exact) mass is 473 g/mol. The van der Waals surface area contributed by atoms with Gasteiger partial charge < -0.3 is 14.7 Å². The fraction of sp³-hybridized carbons (Fsp3) is 0.190. The summed E-state index contributed by atoms with van der Waals surface area (Å²) in [4.78, 5) is 29.2. The van der Waals surface area contributed by atoms with E-state index in [9.17, 15) is 18.0 Å². The van der Waals surface area contributed by atoms with Gasteiger partial charge >= 0.3 is 5.97 Å². The number of anilines is 2. The second-order valence-corrected chi connectivity index (χ2v) is 9.53. The maximum Gasteiger partial charge on any atom is 0.335 e. The van der Waals surface area contributed by atoms with Crippen molar-refractivity contribution in [3.8, 4) is 17.0 Å². The van der Waals surface area contributed by atoms with Crippen LogP contribution in [0.5, 0.6) is 5.75 Å². The van der Waals surface area contributed by atoms with Crippen LogP contribution in [-0.2, 0) is 14.8 Å². The number of fused-ring (bicyclic) bond motifs is 1. The molecule has 166 valence electrons. The number of ether oxygens (including phenoxy) is 1. The lowest BCUT2D eigenvalue weighted by Gasteiger charge is -2.29. The summed E-state index contributed by atoms with van der Waals surface area (Å²) in [5, 5.41) is 10.8. The van der Waals surface area contributed by atoms with Gasteiger partial charge in [-0.25, -0.2) is 18.2 Å². The Balaban J connectivity index is 1.58. The Hall–Kier alpha value is -3.44. The zero-order valence-corrected chi connectivity index (χ0v) is 18.6. The summed E-state index contributed by atoms with van der Waals surface area (Å²) < 4.78 is 33.2. The summed E-state index contributed by atoms with van der Waals surface area (Å²) >= 11 is 1.12. The second kappa shape index (κ2) is 8.60. The van der Waals surface area contributed by atoms with Crippen LogP contribution in [0.3, 0.4) is 0 Å². The molecule has 2 N–H and O–H groups in total. The van der Waals surface area contributed by atoms with Crippen molar-refractivity contribution in [3.05, 3.63) is 53.4 Å². The highest BCUT2D eigenvalue weighted by molar-refractivity contribution is 7.93. The van der Waals surface area contributed by atoms with Crippen molar-refractivity contribution in [1.82, 2.24) is 4.98 Å². The van der Waals surface area contributed by atoms with Gasteiger partial charge in [-0.1, -0.05) is 6.92 Å². The molecule has 1 aromatic heterocycles. The molecular weight excluding hydrogens is 454 g/mol. The number of aromatic nitrogens is 1. The van der Waals surface area contributed by atoms with Crippen LogP contribution in [0.15, 0.2) is 52.7 Å². The number of hydrogen-bond acceptors (Lipinski definition) is 7. The molecule has 1 aliphatic heterocycles. The predicted octanol–water partition coefficient (Wildman–Crippen LogP) is 3.44. The van der Waals surface area contributed by atoms with Crippen molar-refractivity contribution >= 4 is 44.1 Å². The zero-order valence-electron chi connectivity index (χ0n) is 16.9. The van der Waals surface area contributed by atoms with Gasteiger partial charge in [-0.2, -0.15) is 0 Å². The summed E-state index contributed by atoms with van der Waals surface area (Å²) in [6.45, 7) is 2.56. The van der Waals surface area contributed by atoms with Gasteiger partial charge in [-0.15, -0.1) is 11.3 Å². The molecule has 2 heterocycles. The largest absolute Gasteiger partial charge is 0.482 e. The lowest BCUT2D eigenvalue weighted by atomic mass is 10.1. The standard InChI is InChI=1S/C21H19N3O6S2/c1-2-9-24-17-10-14(5-8-18(17)30-11-19(24)25)16-12-31-21(22-16)23-32(28,29)15-6-3-13(4-7-15)20(26)27/h3-8,10,12H,2,9,11H2,1H3,(H,22,23)(H,26,27). The number of amides is 1. The maximum atomic E-state index is 12.6. The third-order valence-electron chi connectivity index (χ3n) is 4.78. The number of carbonyl (C=O) groups is 2. The van der Waals surface area contributed by atoms with Gasteiger partial charge in [0.1, 0.15) is 5.75 Å². The number of benzene rings is 2. The average Bonchev–Trinajstić information content (AvgIpc) is 3.23. The molecule has 0 saturated heterocycles. The summed E-state index contributed by atoms with van der Waals surface area (Å²) in [5.74, 6) is -0.638. The number of nitrogens with zero attached hydrogens (tertiary/aromatic N) is 2. The topological polar surface area (TPSA) is 126 Å². The number of thiazole rings is 1. The molecular formula is C21H19N3O6S2. The second-order valence-electron chi connectivity index (χ2n) is 6.99. The first kappa shape index (κ1) is 21.8. The molecule has 0 atom stereocenters. The number of aromatic carboxylic acids is 1. The Bertz CT molecular complexity index is 1290. The van der Waals surface area contributed by atoms with Crippen LogP contribution >= 0.6 is 11.3 Å². The van der Waals surface area contributed by atoms with Crippen LogP contribution < -0.4 is 14.4 Å². The lowest BCUT2D eigenvalue weighted by molar-refractivity contribution is -0.121. The Morgan fingerprint density at radius 1 is 1.25 bits per heavy atom.